The number of phenols is 2. The Balaban J connectivity index is 2.04. The summed E-state index contributed by atoms with van der Waals surface area (Å²) in [5, 5.41) is 32.2. The van der Waals surface area contributed by atoms with Gasteiger partial charge in [-0.15, -0.1) is 0 Å². The van der Waals surface area contributed by atoms with Crippen molar-refractivity contribution in [2.75, 3.05) is 17.6 Å². The van der Waals surface area contributed by atoms with Gasteiger partial charge in [0.15, 0.2) is 5.75 Å². The fourth-order valence-corrected chi connectivity index (χ4v) is 4.02. The number of aromatic nitrogens is 2. The predicted molar refractivity (Wildman–Crippen MR) is 111 cm³/mol. The van der Waals surface area contributed by atoms with Crippen LogP contribution in [0.4, 0.5) is 10.1 Å². The van der Waals surface area contributed by atoms with Gasteiger partial charge in [0.05, 0.1) is 23.9 Å². The number of benzene rings is 2. The SMILES string of the molecule is CN(c1c2cccnc2c(O)c2c(O)n(Cc3ccc(F)cc3O)cc12)S(C)(=O)=O. The molecule has 0 fully saturated rings. The smallest absolute Gasteiger partial charge is 0.232 e. The average molecular weight is 431 g/mol. The molecule has 0 aliphatic carbocycles. The molecule has 156 valence electrons. The summed E-state index contributed by atoms with van der Waals surface area (Å²) in [4.78, 5) is 4.14. The van der Waals surface area contributed by atoms with Crippen molar-refractivity contribution in [2.24, 2.45) is 0 Å². The van der Waals surface area contributed by atoms with E-state index in [1.54, 1.807) is 12.1 Å². The maximum absolute atomic E-state index is 13.3. The summed E-state index contributed by atoms with van der Waals surface area (Å²) in [6.07, 6.45) is 3.96. The zero-order chi connectivity index (χ0) is 21.8. The molecule has 2 aromatic carbocycles. The van der Waals surface area contributed by atoms with Gasteiger partial charge in [-0.25, -0.2) is 12.8 Å². The van der Waals surface area contributed by atoms with Gasteiger partial charge in [-0.05, 0) is 18.2 Å². The van der Waals surface area contributed by atoms with E-state index >= 15 is 0 Å². The first kappa shape index (κ1) is 19.8. The molecular weight excluding hydrogens is 413 g/mol. The maximum atomic E-state index is 13.3. The molecule has 2 aromatic heterocycles. The lowest BCUT2D eigenvalue weighted by atomic mass is 10.1. The van der Waals surface area contributed by atoms with Crippen molar-refractivity contribution >= 4 is 37.4 Å². The van der Waals surface area contributed by atoms with E-state index in [-0.39, 0.29) is 45.9 Å². The fraction of sp³-hybridized carbons (Fsp3) is 0.150. The van der Waals surface area contributed by atoms with Crippen LogP contribution in [0.2, 0.25) is 0 Å². The molecule has 3 N–H and O–H groups in total. The number of sulfonamides is 1. The van der Waals surface area contributed by atoms with Crippen molar-refractivity contribution in [3.05, 3.63) is 54.1 Å². The fourth-order valence-electron chi connectivity index (χ4n) is 3.49. The van der Waals surface area contributed by atoms with Gasteiger partial charge in [-0.2, -0.15) is 0 Å². The molecule has 0 spiro atoms. The van der Waals surface area contributed by atoms with E-state index in [2.05, 4.69) is 4.98 Å². The van der Waals surface area contributed by atoms with Crippen LogP contribution in [0.3, 0.4) is 0 Å². The van der Waals surface area contributed by atoms with E-state index < -0.39 is 15.8 Å². The van der Waals surface area contributed by atoms with Crippen LogP contribution in [0.15, 0.2) is 42.7 Å². The van der Waals surface area contributed by atoms with Gasteiger partial charge in [-0.1, -0.05) is 6.07 Å². The molecule has 0 saturated carbocycles. The second-order valence-corrected chi connectivity index (χ2v) is 8.98. The van der Waals surface area contributed by atoms with Crippen LogP contribution in [0.1, 0.15) is 5.56 Å². The summed E-state index contributed by atoms with van der Waals surface area (Å²) in [6, 6.07) is 6.73. The van der Waals surface area contributed by atoms with Crippen molar-refractivity contribution in [2.45, 2.75) is 6.54 Å². The maximum Gasteiger partial charge on any atom is 0.232 e. The number of nitrogens with zero attached hydrogens (tertiary/aromatic N) is 3. The Hall–Kier alpha value is -3.53. The minimum Gasteiger partial charge on any atom is -0.507 e. The van der Waals surface area contributed by atoms with Crippen LogP contribution >= 0.6 is 0 Å². The third-order valence-corrected chi connectivity index (χ3v) is 6.21. The Morgan fingerprint density at radius 1 is 1.17 bits per heavy atom. The quantitative estimate of drug-likeness (QED) is 0.458. The number of pyridine rings is 1. The van der Waals surface area contributed by atoms with E-state index in [0.717, 1.165) is 16.6 Å². The summed E-state index contributed by atoms with van der Waals surface area (Å²) < 4.78 is 40.2. The van der Waals surface area contributed by atoms with Gasteiger partial charge < -0.3 is 19.9 Å². The van der Waals surface area contributed by atoms with Crippen molar-refractivity contribution < 1.29 is 28.1 Å². The number of phenolic OH excluding ortho intramolecular Hbond substituents is 2. The Labute approximate surface area is 171 Å². The normalized spacial score (nSPS) is 12.0. The van der Waals surface area contributed by atoms with Gasteiger partial charge >= 0.3 is 0 Å². The first-order chi connectivity index (χ1) is 14.1. The number of anilines is 1. The molecule has 0 radical (unpaired) electrons. The van der Waals surface area contributed by atoms with Crippen molar-refractivity contribution in [3.63, 3.8) is 0 Å². The van der Waals surface area contributed by atoms with E-state index in [1.807, 2.05) is 0 Å². The van der Waals surface area contributed by atoms with Crippen LogP contribution in [0, 0.1) is 5.82 Å². The molecule has 0 atom stereocenters. The topological polar surface area (TPSA) is 116 Å². The third kappa shape index (κ3) is 3.05. The molecule has 0 saturated heterocycles. The monoisotopic (exact) mass is 431 g/mol. The molecule has 10 heteroatoms. The molecule has 4 aromatic rings. The molecule has 30 heavy (non-hydrogen) atoms. The molecular formula is C20H18FN3O5S. The van der Waals surface area contributed by atoms with Crippen LogP contribution < -0.4 is 4.31 Å². The number of fused-ring (bicyclic) bond motifs is 2. The highest BCUT2D eigenvalue weighted by molar-refractivity contribution is 7.92. The van der Waals surface area contributed by atoms with Crippen LogP contribution in [-0.4, -0.2) is 46.6 Å². The Morgan fingerprint density at radius 3 is 2.57 bits per heavy atom. The molecule has 0 amide bonds. The Kier molecular flexibility index (Phi) is 4.46. The Morgan fingerprint density at radius 2 is 1.90 bits per heavy atom. The number of aromatic hydroxyl groups is 3. The van der Waals surface area contributed by atoms with Gasteiger partial charge in [0, 0.05) is 41.8 Å². The third-order valence-electron chi connectivity index (χ3n) is 5.03. The molecule has 0 aliphatic heterocycles. The van der Waals surface area contributed by atoms with E-state index in [1.165, 1.54) is 36.1 Å². The van der Waals surface area contributed by atoms with Crippen molar-refractivity contribution in [3.8, 4) is 17.4 Å². The van der Waals surface area contributed by atoms with Crippen molar-refractivity contribution in [1.29, 1.82) is 0 Å². The van der Waals surface area contributed by atoms with Crippen LogP contribution in [0.25, 0.3) is 21.7 Å². The molecule has 0 unspecified atom stereocenters. The summed E-state index contributed by atoms with van der Waals surface area (Å²) in [5.74, 6) is -1.55. The number of hydrogen-bond donors (Lipinski definition) is 3. The van der Waals surface area contributed by atoms with Gasteiger partial charge in [-0.3, -0.25) is 9.29 Å². The molecule has 4 rings (SSSR count). The minimum atomic E-state index is -3.67. The summed E-state index contributed by atoms with van der Waals surface area (Å²) in [6.45, 7) is -0.0438. The summed E-state index contributed by atoms with van der Waals surface area (Å²) in [5.41, 5.74) is 0.700. The van der Waals surface area contributed by atoms with Gasteiger partial charge in [0.25, 0.3) is 0 Å². The molecule has 0 aliphatic rings. The second-order valence-electron chi connectivity index (χ2n) is 6.97. The largest absolute Gasteiger partial charge is 0.507 e. The number of hydrogen-bond acceptors (Lipinski definition) is 6. The first-order valence-electron chi connectivity index (χ1n) is 8.82. The van der Waals surface area contributed by atoms with E-state index in [4.69, 9.17) is 0 Å². The first-order valence-corrected chi connectivity index (χ1v) is 10.7. The molecule has 8 nitrogen and oxygen atoms in total. The predicted octanol–water partition coefficient (Wildman–Crippen LogP) is 2.89. The minimum absolute atomic E-state index is 0.0216. The van der Waals surface area contributed by atoms with E-state index in [0.29, 0.717) is 10.9 Å². The second kappa shape index (κ2) is 6.77. The zero-order valence-electron chi connectivity index (χ0n) is 16.0. The zero-order valence-corrected chi connectivity index (χ0v) is 16.9. The van der Waals surface area contributed by atoms with Gasteiger partial charge in [0.2, 0.25) is 15.9 Å². The molecule has 2 heterocycles. The highest BCUT2D eigenvalue weighted by atomic mass is 32.2. The molecule has 0 bridgehead atoms. The highest BCUT2D eigenvalue weighted by Gasteiger charge is 2.26. The highest BCUT2D eigenvalue weighted by Crippen LogP contribution is 2.46. The van der Waals surface area contributed by atoms with Crippen LogP contribution in [-0.2, 0) is 16.6 Å². The van der Waals surface area contributed by atoms with Gasteiger partial charge in [0.1, 0.15) is 17.1 Å². The Bertz CT molecular complexity index is 1420. The lowest BCUT2D eigenvalue weighted by Crippen LogP contribution is -2.25. The van der Waals surface area contributed by atoms with E-state index in [9.17, 15) is 28.1 Å². The van der Waals surface area contributed by atoms with Crippen molar-refractivity contribution in [1.82, 2.24) is 9.55 Å². The summed E-state index contributed by atoms with van der Waals surface area (Å²) in [7, 11) is -2.31. The lowest BCUT2D eigenvalue weighted by Gasteiger charge is -2.20. The number of halogens is 1. The van der Waals surface area contributed by atoms with Crippen LogP contribution in [0.5, 0.6) is 17.4 Å². The lowest BCUT2D eigenvalue weighted by molar-refractivity contribution is 0.420. The standard InChI is InChI=1S/C20H18FN3O5S/c1-23(30(2,28)29)18-13-4-3-7-22-17(13)19(26)16-14(18)10-24(20(16)27)9-11-5-6-12(21)8-15(11)25/h3-8,10,25-27H,9H2,1-2H3. The number of rotatable bonds is 4. The summed E-state index contributed by atoms with van der Waals surface area (Å²) >= 11 is 0. The average Bonchev–Trinajstić information content (AvgIpc) is 3.00.